The van der Waals surface area contributed by atoms with E-state index in [2.05, 4.69) is 5.10 Å². The Morgan fingerprint density at radius 3 is 2.70 bits per heavy atom. The molecule has 2 aromatic carbocycles. The molecule has 27 heavy (non-hydrogen) atoms. The van der Waals surface area contributed by atoms with E-state index in [4.69, 9.17) is 16.2 Å². The minimum atomic E-state index is -0.783. The fourth-order valence-electron chi connectivity index (χ4n) is 2.46. The fraction of sp³-hybridized carbons (Fsp3) is 0.158. The summed E-state index contributed by atoms with van der Waals surface area (Å²) in [5.74, 6) is -0.127. The van der Waals surface area contributed by atoms with Crippen LogP contribution in [0.3, 0.4) is 0 Å². The number of hydrogen-bond acceptors (Lipinski definition) is 6. The highest BCUT2D eigenvalue weighted by molar-refractivity contribution is 6.11. The molecule has 0 aliphatic carbocycles. The third-order valence-corrected chi connectivity index (χ3v) is 3.93. The zero-order valence-electron chi connectivity index (χ0n) is 14.4. The van der Waals surface area contributed by atoms with E-state index in [9.17, 15) is 14.3 Å². The van der Waals surface area contributed by atoms with Crippen molar-refractivity contribution in [3.63, 3.8) is 0 Å². The molecule has 1 atom stereocenters. The zero-order valence-corrected chi connectivity index (χ0v) is 14.4. The maximum absolute atomic E-state index is 13.1. The van der Waals surface area contributed by atoms with Crippen LogP contribution < -0.4 is 16.2 Å². The lowest BCUT2D eigenvalue weighted by atomic mass is 10.1. The molecule has 0 aliphatic rings. The van der Waals surface area contributed by atoms with Gasteiger partial charge in [-0.15, -0.1) is 0 Å². The van der Waals surface area contributed by atoms with Gasteiger partial charge in [-0.25, -0.2) is 9.07 Å². The molecule has 0 fully saturated rings. The van der Waals surface area contributed by atoms with Gasteiger partial charge in [0.25, 0.3) is 0 Å². The Bertz CT molecular complexity index is 940. The lowest BCUT2D eigenvalue weighted by Gasteiger charge is -2.11. The Morgan fingerprint density at radius 1 is 1.26 bits per heavy atom. The highest BCUT2D eigenvalue weighted by Crippen LogP contribution is 2.22. The number of benzene rings is 2. The molecule has 3 rings (SSSR count). The predicted octanol–water partition coefficient (Wildman–Crippen LogP) is 1.52. The van der Waals surface area contributed by atoms with Crippen molar-refractivity contribution < 1.29 is 19.0 Å². The molecule has 1 unspecified atom stereocenters. The van der Waals surface area contributed by atoms with Gasteiger partial charge >= 0.3 is 0 Å². The Hall–Kier alpha value is -3.23. The Labute approximate surface area is 155 Å². The summed E-state index contributed by atoms with van der Waals surface area (Å²) in [5, 5.41) is 13.6. The summed E-state index contributed by atoms with van der Waals surface area (Å²) in [6.45, 7) is 0.108. The number of aliphatic hydroxyl groups excluding tert-OH is 1. The first-order valence-corrected chi connectivity index (χ1v) is 8.24. The molecule has 0 spiro atoms. The quantitative estimate of drug-likeness (QED) is 0.543. The second-order valence-electron chi connectivity index (χ2n) is 5.89. The van der Waals surface area contributed by atoms with Gasteiger partial charge in [-0.1, -0.05) is 12.1 Å². The van der Waals surface area contributed by atoms with Crippen LogP contribution in [0.5, 0.6) is 5.75 Å². The normalized spacial score (nSPS) is 12.0. The minimum Gasteiger partial charge on any atom is -0.491 e. The molecule has 140 valence electrons. The van der Waals surface area contributed by atoms with Gasteiger partial charge in [-0.3, -0.25) is 4.79 Å². The fourth-order valence-corrected chi connectivity index (χ4v) is 2.46. The van der Waals surface area contributed by atoms with Crippen molar-refractivity contribution in [1.82, 2.24) is 9.78 Å². The van der Waals surface area contributed by atoms with Crippen LogP contribution in [-0.2, 0) is 0 Å². The maximum atomic E-state index is 13.1. The van der Waals surface area contributed by atoms with Gasteiger partial charge in [0.1, 0.15) is 30.1 Å². The molecule has 1 aromatic heterocycles. The first-order chi connectivity index (χ1) is 13.0. The monoisotopic (exact) mass is 370 g/mol. The van der Waals surface area contributed by atoms with Crippen LogP contribution in [0.15, 0.2) is 54.7 Å². The van der Waals surface area contributed by atoms with E-state index < -0.39 is 6.10 Å². The van der Waals surface area contributed by atoms with Crippen LogP contribution in [0, 0.1) is 5.82 Å². The molecule has 0 saturated carbocycles. The van der Waals surface area contributed by atoms with Crippen molar-refractivity contribution in [2.24, 2.45) is 5.73 Å². The number of aliphatic hydroxyl groups is 1. The highest BCUT2D eigenvalue weighted by Gasteiger charge is 2.18. The second-order valence-corrected chi connectivity index (χ2v) is 5.89. The Balaban J connectivity index is 1.83. The number of rotatable bonds is 7. The number of hydrogen-bond donors (Lipinski definition) is 3. The largest absolute Gasteiger partial charge is 0.491 e. The molecular weight excluding hydrogens is 351 g/mol. The number of halogens is 1. The highest BCUT2D eigenvalue weighted by atomic mass is 19.1. The van der Waals surface area contributed by atoms with Crippen LogP contribution in [0.1, 0.15) is 15.9 Å². The number of carbonyl (C=O) groups excluding carboxylic acids is 1. The molecule has 0 amide bonds. The van der Waals surface area contributed by atoms with Crippen molar-refractivity contribution >= 4 is 11.6 Å². The van der Waals surface area contributed by atoms with Gasteiger partial charge in [-0.2, -0.15) is 5.10 Å². The average molecular weight is 370 g/mol. The van der Waals surface area contributed by atoms with E-state index in [1.165, 1.54) is 35.1 Å². The lowest BCUT2D eigenvalue weighted by molar-refractivity contribution is 0.103. The van der Waals surface area contributed by atoms with Gasteiger partial charge in [0.05, 0.1) is 17.4 Å². The van der Waals surface area contributed by atoms with Gasteiger partial charge in [-0.05, 0) is 36.4 Å². The van der Waals surface area contributed by atoms with Crippen LogP contribution in [0.4, 0.5) is 10.2 Å². The number of nitrogens with two attached hydrogens (primary N) is 2. The van der Waals surface area contributed by atoms with Gasteiger partial charge in [0.2, 0.25) is 0 Å². The van der Waals surface area contributed by atoms with Crippen molar-refractivity contribution in [2.75, 3.05) is 18.9 Å². The van der Waals surface area contributed by atoms with Gasteiger partial charge in [0, 0.05) is 12.1 Å². The topological polar surface area (TPSA) is 116 Å². The standard InChI is InChI=1S/C19H19FN4O3/c20-13-4-6-14(7-5-13)24-19(22)17(10-23-24)18(26)12-2-1-3-16(8-12)27-11-15(25)9-21/h1-8,10,15,25H,9,11,21-22H2. The SMILES string of the molecule is NCC(O)COc1cccc(C(=O)c2cnn(-c3ccc(F)cc3)c2N)c1. The van der Waals surface area contributed by atoms with Crippen molar-refractivity contribution in [3.05, 3.63) is 71.7 Å². The number of aromatic nitrogens is 2. The number of anilines is 1. The van der Waals surface area contributed by atoms with Crippen molar-refractivity contribution in [1.29, 1.82) is 0 Å². The molecular formula is C19H19FN4O3. The third-order valence-electron chi connectivity index (χ3n) is 3.93. The van der Waals surface area contributed by atoms with E-state index in [1.54, 1.807) is 24.3 Å². The number of ether oxygens (including phenoxy) is 1. The number of carbonyl (C=O) groups is 1. The Kier molecular flexibility index (Phi) is 5.49. The molecule has 0 bridgehead atoms. The van der Waals surface area contributed by atoms with Gasteiger partial charge in [0.15, 0.2) is 5.78 Å². The van der Waals surface area contributed by atoms with Gasteiger partial charge < -0.3 is 21.3 Å². The second kappa shape index (κ2) is 7.98. The van der Waals surface area contributed by atoms with Crippen LogP contribution in [0.2, 0.25) is 0 Å². The van der Waals surface area contributed by atoms with Crippen LogP contribution in [-0.4, -0.2) is 39.9 Å². The molecule has 7 nitrogen and oxygen atoms in total. The predicted molar refractivity (Wildman–Crippen MR) is 98.4 cm³/mol. The van der Waals surface area contributed by atoms with E-state index in [-0.39, 0.29) is 36.1 Å². The van der Waals surface area contributed by atoms with E-state index in [0.29, 0.717) is 17.0 Å². The summed E-state index contributed by atoms with van der Waals surface area (Å²) >= 11 is 0. The first kappa shape index (κ1) is 18.6. The average Bonchev–Trinajstić information content (AvgIpc) is 3.07. The molecule has 0 aliphatic heterocycles. The lowest BCUT2D eigenvalue weighted by Crippen LogP contribution is -2.26. The molecule has 1 heterocycles. The van der Waals surface area contributed by atoms with E-state index in [0.717, 1.165) is 0 Å². The minimum absolute atomic E-state index is 0.0266. The summed E-state index contributed by atoms with van der Waals surface area (Å²) in [4.78, 5) is 12.8. The van der Waals surface area contributed by atoms with E-state index in [1.807, 2.05) is 0 Å². The molecule has 0 radical (unpaired) electrons. The van der Waals surface area contributed by atoms with E-state index >= 15 is 0 Å². The molecule has 3 aromatic rings. The summed E-state index contributed by atoms with van der Waals surface area (Å²) in [6.07, 6.45) is 0.584. The molecule has 5 N–H and O–H groups in total. The smallest absolute Gasteiger partial charge is 0.198 e. The van der Waals surface area contributed by atoms with Crippen molar-refractivity contribution in [3.8, 4) is 11.4 Å². The summed E-state index contributed by atoms with van der Waals surface area (Å²) < 4.78 is 19.9. The summed E-state index contributed by atoms with van der Waals surface area (Å²) in [6, 6.07) is 12.1. The summed E-state index contributed by atoms with van der Waals surface area (Å²) in [7, 11) is 0. The number of ketones is 1. The number of nitrogens with zero attached hydrogens (tertiary/aromatic N) is 2. The third kappa shape index (κ3) is 4.13. The molecule has 8 heteroatoms. The molecule has 0 saturated heterocycles. The first-order valence-electron chi connectivity index (χ1n) is 8.24. The zero-order chi connectivity index (χ0) is 19.4. The number of nitrogen functional groups attached to an aromatic ring is 1. The van der Waals surface area contributed by atoms with Crippen LogP contribution in [0.25, 0.3) is 5.69 Å². The maximum Gasteiger partial charge on any atom is 0.198 e. The van der Waals surface area contributed by atoms with Crippen LogP contribution >= 0.6 is 0 Å². The Morgan fingerprint density at radius 2 is 2.00 bits per heavy atom. The summed E-state index contributed by atoms with van der Waals surface area (Å²) in [5.41, 5.74) is 12.5. The van der Waals surface area contributed by atoms with Crippen molar-refractivity contribution in [2.45, 2.75) is 6.10 Å².